The summed E-state index contributed by atoms with van der Waals surface area (Å²) in [5, 5.41) is 2.68. The molecule has 1 N–H and O–H groups in total. The van der Waals surface area contributed by atoms with Crippen LogP contribution in [-0.2, 0) is 9.59 Å². The molecule has 96 valence electrons. The zero-order valence-corrected chi connectivity index (χ0v) is 11.1. The van der Waals surface area contributed by atoms with Gasteiger partial charge in [0.05, 0.1) is 6.54 Å². The molecule has 4 nitrogen and oxygen atoms in total. The molecule has 0 bridgehead atoms. The summed E-state index contributed by atoms with van der Waals surface area (Å²) in [6, 6.07) is -0.285. The van der Waals surface area contributed by atoms with Crippen molar-refractivity contribution in [2.24, 2.45) is 17.3 Å². The lowest BCUT2D eigenvalue weighted by atomic mass is 9.98. The number of piperazine rings is 1. The third-order valence-corrected chi connectivity index (χ3v) is 4.10. The number of nitrogens with one attached hydrogen (secondary N) is 1. The molecule has 0 aromatic heterocycles. The fourth-order valence-electron chi connectivity index (χ4n) is 2.67. The predicted molar refractivity (Wildman–Crippen MR) is 65.2 cm³/mol. The fraction of sp³-hybridized carbons (Fsp3) is 0.846. The first-order valence-electron chi connectivity index (χ1n) is 6.40. The fourth-order valence-corrected chi connectivity index (χ4v) is 2.67. The molecular formula is C13H22N2O2. The lowest BCUT2D eigenvalue weighted by molar-refractivity contribution is -0.147. The maximum atomic E-state index is 11.9. The van der Waals surface area contributed by atoms with Crippen LogP contribution in [0.3, 0.4) is 0 Å². The first kappa shape index (κ1) is 12.4. The van der Waals surface area contributed by atoms with E-state index in [4.69, 9.17) is 0 Å². The number of carbonyl (C=O) groups excluding carboxylic acids is 2. The Morgan fingerprint density at radius 2 is 2.00 bits per heavy atom. The van der Waals surface area contributed by atoms with Crippen molar-refractivity contribution in [3.8, 4) is 0 Å². The minimum absolute atomic E-state index is 0.00180. The zero-order valence-electron chi connectivity index (χ0n) is 11.1. The van der Waals surface area contributed by atoms with Crippen LogP contribution < -0.4 is 5.32 Å². The van der Waals surface area contributed by atoms with Gasteiger partial charge < -0.3 is 10.2 Å². The molecule has 2 unspecified atom stereocenters. The highest BCUT2D eigenvalue weighted by Gasteiger charge is 2.49. The van der Waals surface area contributed by atoms with Crippen molar-refractivity contribution in [1.82, 2.24) is 10.2 Å². The third kappa shape index (κ3) is 2.31. The first-order valence-corrected chi connectivity index (χ1v) is 6.40. The quantitative estimate of drug-likeness (QED) is 0.798. The summed E-state index contributed by atoms with van der Waals surface area (Å²) in [6.07, 6.45) is 1.16. The standard InChI is InChI=1S/C13H22N2O2/c1-8(2)11-12(17)14-6-10(16)15(11)7-9-5-13(9,3)4/h8-9,11H,5-7H2,1-4H3,(H,14,17). The average molecular weight is 238 g/mol. The summed E-state index contributed by atoms with van der Waals surface area (Å²) in [5.41, 5.74) is 0.343. The Labute approximate surface area is 103 Å². The lowest BCUT2D eigenvalue weighted by Gasteiger charge is -2.37. The van der Waals surface area contributed by atoms with Gasteiger partial charge in [0.2, 0.25) is 11.8 Å². The Hall–Kier alpha value is -1.06. The van der Waals surface area contributed by atoms with Gasteiger partial charge in [-0.2, -0.15) is 0 Å². The summed E-state index contributed by atoms with van der Waals surface area (Å²) in [6.45, 7) is 9.33. The van der Waals surface area contributed by atoms with Crippen molar-refractivity contribution in [2.75, 3.05) is 13.1 Å². The first-order chi connectivity index (χ1) is 7.83. The van der Waals surface area contributed by atoms with Gasteiger partial charge in [-0.15, -0.1) is 0 Å². The number of hydrogen-bond acceptors (Lipinski definition) is 2. The van der Waals surface area contributed by atoms with Crippen LogP contribution in [0.5, 0.6) is 0 Å². The zero-order chi connectivity index (χ0) is 12.8. The Morgan fingerprint density at radius 1 is 1.41 bits per heavy atom. The van der Waals surface area contributed by atoms with Crippen LogP contribution in [0.15, 0.2) is 0 Å². The van der Waals surface area contributed by atoms with Gasteiger partial charge in [0.1, 0.15) is 6.04 Å². The molecule has 1 heterocycles. The Balaban J connectivity index is 2.09. The molecule has 2 rings (SSSR count). The van der Waals surface area contributed by atoms with E-state index in [9.17, 15) is 9.59 Å². The van der Waals surface area contributed by atoms with E-state index in [1.807, 2.05) is 13.8 Å². The molecule has 0 aromatic rings. The normalized spacial score (nSPS) is 31.7. The van der Waals surface area contributed by atoms with E-state index < -0.39 is 0 Å². The second-order valence-corrected chi connectivity index (χ2v) is 6.34. The Kier molecular flexibility index (Phi) is 2.92. The largest absolute Gasteiger partial charge is 0.345 e. The summed E-state index contributed by atoms with van der Waals surface area (Å²) < 4.78 is 0. The summed E-state index contributed by atoms with van der Waals surface area (Å²) in [7, 11) is 0. The van der Waals surface area contributed by atoms with E-state index in [1.54, 1.807) is 4.90 Å². The summed E-state index contributed by atoms with van der Waals surface area (Å²) in [4.78, 5) is 25.6. The molecule has 1 saturated carbocycles. The minimum Gasteiger partial charge on any atom is -0.345 e. The average Bonchev–Trinajstić information content (AvgIpc) is 2.79. The van der Waals surface area contributed by atoms with E-state index in [0.29, 0.717) is 11.3 Å². The minimum atomic E-state index is -0.285. The number of hydrogen-bond donors (Lipinski definition) is 1. The summed E-state index contributed by atoms with van der Waals surface area (Å²) in [5.74, 6) is 0.781. The second-order valence-electron chi connectivity index (χ2n) is 6.34. The third-order valence-electron chi connectivity index (χ3n) is 4.10. The molecule has 2 amide bonds. The van der Waals surface area contributed by atoms with Gasteiger partial charge in [-0.1, -0.05) is 27.7 Å². The molecule has 0 spiro atoms. The molecule has 0 radical (unpaired) electrons. The maximum Gasteiger partial charge on any atom is 0.243 e. The molecular weight excluding hydrogens is 216 g/mol. The van der Waals surface area contributed by atoms with E-state index in [0.717, 1.165) is 13.0 Å². The SMILES string of the molecule is CC(C)C1C(=O)NCC(=O)N1CC1CC1(C)C. The van der Waals surface area contributed by atoms with E-state index in [1.165, 1.54) is 0 Å². The van der Waals surface area contributed by atoms with Crippen LogP contribution in [-0.4, -0.2) is 35.8 Å². The van der Waals surface area contributed by atoms with Gasteiger partial charge in [0.25, 0.3) is 0 Å². The van der Waals surface area contributed by atoms with Crippen molar-refractivity contribution in [2.45, 2.75) is 40.2 Å². The molecule has 2 fully saturated rings. The maximum absolute atomic E-state index is 11.9. The predicted octanol–water partition coefficient (Wildman–Crippen LogP) is 1.02. The summed E-state index contributed by atoms with van der Waals surface area (Å²) >= 11 is 0. The van der Waals surface area contributed by atoms with E-state index >= 15 is 0 Å². The van der Waals surface area contributed by atoms with Crippen LogP contribution in [0.1, 0.15) is 34.1 Å². The van der Waals surface area contributed by atoms with Crippen molar-refractivity contribution >= 4 is 11.8 Å². The van der Waals surface area contributed by atoms with Crippen LogP contribution in [0, 0.1) is 17.3 Å². The van der Waals surface area contributed by atoms with Crippen molar-refractivity contribution in [3.05, 3.63) is 0 Å². The molecule has 2 atom stereocenters. The molecule has 1 saturated heterocycles. The smallest absolute Gasteiger partial charge is 0.243 e. The topological polar surface area (TPSA) is 49.4 Å². The van der Waals surface area contributed by atoms with Crippen molar-refractivity contribution in [1.29, 1.82) is 0 Å². The van der Waals surface area contributed by atoms with Crippen molar-refractivity contribution in [3.63, 3.8) is 0 Å². The number of rotatable bonds is 3. The molecule has 17 heavy (non-hydrogen) atoms. The molecule has 1 aliphatic carbocycles. The van der Waals surface area contributed by atoms with Gasteiger partial charge in [-0.3, -0.25) is 9.59 Å². The van der Waals surface area contributed by atoms with Gasteiger partial charge >= 0.3 is 0 Å². The highest BCUT2D eigenvalue weighted by atomic mass is 16.2. The van der Waals surface area contributed by atoms with Gasteiger partial charge in [0.15, 0.2) is 0 Å². The Morgan fingerprint density at radius 3 is 2.47 bits per heavy atom. The van der Waals surface area contributed by atoms with Crippen LogP contribution in [0.2, 0.25) is 0 Å². The monoisotopic (exact) mass is 238 g/mol. The van der Waals surface area contributed by atoms with E-state index in [2.05, 4.69) is 19.2 Å². The number of nitrogens with zero attached hydrogens (tertiary/aromatic N) is 1. The van der Waals surface area contributed by atoms with Gasteiger partial charge in [-0.05, 0) is 23.7 Å². The van der Waals surface area contributed by atoms with Crippen LogP contribution in [0.4, 0.5) is 0 Å². The van der Waals surface area contributed by atoms with Gasteiger partial charge in [0, 0.05) is 6.54 Å². The van der Waals surface area contributed by atoms with Crippen LogP contribution >= 0.6 is 0 Å². The molecule has 1 aliphatic heterocycles. The van der Waals surface area contributed by atoms with Crippen molar-refractivity contribution < 1.29 is 9.59 Å². The van der Waals surface area contributed by atoms with E-state index in [-0.39, 0.29) is 30.3 Å². The molecule has 2 aliphatic rings. The molecule has 0 aromatic carbocycles. The lowest BCUT2D eigenvalue weighted by Crippen LogP contribution is -2.60. The highest BCUT2D eigenvalue weighted by Crippen LogP contribution is 2.52. The number of carbonyl (C=O) groups is 2. The van der Waals surface area contributed by atoms with Crippen LogP contribution in [0.25, 0.3) is 0 Å². The Bertz CT molecular complexity index is 349. The van der Waals surface area contributed by atoms with Gasteiger partial charge in [-0.25, -0.2) is 0 Å². The highest BCUT2D eigenvalue weighted by molar-refractivity contribution is 5.95. The second kappa shape index (κ2) is 4.00. The molecule has 4 heteroatoms. The number of amides is 2.